The number of carbonyl (C=O) groups excluding carboxylic acids is 1. The van der Waals surface area contributed by atoms with Gasteiger partial charge in [-0.2, -0.15) is 13.2 Å². The summed E-state index contributed by atoms with van der Waals surface area (Å²) in [5.41, 5.74) is -0.648. The standard InChI is InChI=1S/C35H42F5N3O4/c1-18(2)11-27(43-17-23(9-10-42(7)8)19(3)15-28(43)44)34(47)41-26(16-29(45)46)31-32(36)22(6)14-25(33(31)37)30-20(4)12-24(13-21(30)5)35(38,39)40/h12-15,17-18,26-27H,9-11,16H2,1-8H3,(H,41,47)(H,45,46)/t26-,27?/m0/s1. The number of amides is 1. The van der Waals surface area contributed by atoms with Crippen LogP contribution < -0.4 is 10.9 Å². The number of nitrogens with one attached hydrogen (secondary N) is 1. The van der Waals surface area contributed by atoms with Crippen molar-refractivity contribution in [1.82, 2.24) is 14.8 Å². The van der Waals surface area contributed by atoms with Gasteiger partial charge in [-0.15, -0.1) is 0 Å². The molecule has 0 radical (unpaired) electrons. The monoisotopic (exact) mass is 663 g/mol. The molecule has 47 heavy (non-hydrogen) atoms. The van der Waals surface area contributed by atoms with E-state index in [1.807, 2.05) is 32.8 Å². The van der Waals surface area contributed by atoms with Crippen molar-refractivity contribution in [2.75, 3.05) is 20.6 Å². The molecule has 0 saturated heterocycles. The van der Waals surface area contributed by atoms with Gasteiger partial charge in [0.05, 0.1) is 18.0 Å². The minimum absolute atomic E-state index is 0.0767. The molecule has 2 aromatic carbocycles. The summed E-state index contributed by atoms with van der Waals surface area (Å²) in [6, 6.07) is 1.45. The van der Waals surface area contributed by atoms with Crippen LogP contribution in [0.1, 0.15) is 77.7 Å². The smallest absolute Gasteiger partial charge is 0.416 e. The fourth-order valence-electron chi connectivity index (χ4n) is 5.83. The first-order chi connectivity index (χ1) is 21.7. The zero-order valence-corrected chi connectivity index (χ0v) is 27.9. The maximum Gasteiger partial charge on any atom is 0.416 e. The number of alkyl halides is 3. The molecule has 1 unspecified atom stereocenters. The first-order valence-electron chi connectivity index (χ1n) is 15.3. The fraction of sp³-hybridized carbons (Fsp3) is 0.457. The van der Waals surface area contributed by atoms with Crippen LogP contribution in [0.2, 0.25) is 0 Å². The summed E-state index contributed by atoms with van der Waals surface area (Å²) in [6.45, 7) is 10.2. The van der Waals surface area contributed by atoms with Crippen LogP contribution in [0.5, 0.6) is 0 Å². The number of likely N-dealkylation sites (N-methyl/N-ethyl adjacent to an activating group) is 1. The third kappa shape index (κ3) is 8.85. The van der Waals surface area contributed by atoms with E-state index in [9.17, 15) is 32.7 Å². The average molecular weight is 664 g/mol. The molecule has 256 valence electrons. The van der Waals surface area contributed by atoms with Gasteiger partial charge in [-0.25, -0.2) is 8.78 Å². The Morgan fingerprint density at radius 2 is 1.53 bits per heavy atom. The molecule has 2 atom stereocenters. The van der Waals surface area contributed by atoms with Gasteiger partial charge in [-0.3, -0.25) is 14.4 Å². The molecular weight excluding hydrogens is 621 g/mol. The third-order valence-corrected chi connectivity index (χ3v) is 8.15. The van der Waals surface area contributed by atoms with Gasteiger partial charge in [0.15, 0.2) is 0 Å². The number of carboxylic acids is 1. The quantitative estimate of drug-likeness (QED) is 0.202. The minimum Gasteiger partial charge on any atom is -0.481 e. The number of hydrogen-bond acceptors (Lipinski definition) is 4. The van der Waals surface area contributed by atoms with Gasteiger partial charge in [0.25, 0.3) is 5.56 Å². The first kappa shape index (κ1) is 37.4. The van der Waals surface area contributed by atoms with Gasteiger partial charge >= 0.3 is 12.1 Å². The summed E-state index contributed by atoms with van der Waals surface area (Å²) in [5.74, 6) is -4.67. The van der Waals surface area contributed by atoms with Crippen molar-refractivity contribution in [3.8, 4) is 11.1 Å². The fourth-order valence-corrected chi connectivity index (χ4v) is 5.83. The Morgan fingerprint density at radius 1 is 0.936 bits per heavy atom. The normalized spacial score (nSPS) is 13.3. The Hall–Kier alpha value is -4.06. The molecule has 2 N–H and O–H groups in total. The molecule has 3 rings (SSSR count). The van der Waals surface area contributed by atoms with E-state index in [-0.39, 0.29) is 40.2 Å². The lowest BCUT2D eigenvalue weighted by molar-refractivity contribution is -0.138. The van der Waals surface area contributed by atoms with Crippen molar-refractivity contribution in [3.05, 3.63) is 91.4 Å². The molecule has 0 aliphatic heterocycles. The van der Waals surface area contributed by atoms with E-state index in [4.69, 9.17) is 0 Å². The zero-order valence-electron chi connectivity index (χ0n) is 27.9. The van der Waals surface area contributed by atoms with Crippen molar-refractivity contribution in [3.63, 3.8) is 0 Å². The first-order valence-corrected chi connectivity index (χ1v) is 15.3. The number of halogens is 5. The molecule has 3 aromatic rings. The molecule has 0 aliphatic rings. The van der Waals surface area contributed by atoms with Crippen molar-refractivity contribution in [2.24, 2.45) is 5.92 Å². The van der Waals surface area contributed by atoms with E-state index >= 15 is 8.78 Å². The predicted molar refractivity (Wildman–Crippen MR) is 170 cm³/mol. The molecule has 1 amide bonds. The van der Waals surface area contributed by atoms with Crippen LogP contribution >= 0.6 is 0 Å². The van der Waals surface area contributed by atoms with Gasteiger partial charge in [0.2, 0.25) is 5.91 Å². The highest BCUT2D eigenvalue weighted by molar-refractivity contribution is 5.82. The van der Waals surface area contributed by atoms with E-state index in [0.29, 0.717) is 13.0 Å². The summed E-state index contributed by atoms with van der Waals surface area (Å²) in [5, 5.41) is 12.3. The van der Waals surface area contributed by atoms with Gasteiger partial charge < -0.3 is 19.9 Å². The predicted octanol–water partition coefficient (Wildman–Crippen LogP) is 7.07. The molecule has 12 heteroatoms. The van der Waals surface area contributed by atoms with E-state index < -0.39 is 64.9 Å². The second kappa shape index (κ2) is 14.8. The second-order valence-electron chi connectivity index (χ2n) is 12.9. The Bertz CT molecular complexity index is 1690. The van der Waals surface area contributed by atoms with Crippen molar-refractivity contribution < 1.29 is 36.6 Å². The van der Waals surface area contributed by atoms with E-state index in [2.05, 4.69) is 5.32 Å². The summed E-state index contributed by atoms with van der Waals surface area (Å²) >= 11 is 0. The Labute approximate surface area is 271 Å². The number of carbonyl (C=O) groups is 2. The van der Waals surface area contributed by atoms with Gasteiger partial charge in [0, 0.05) is 29.9 Å². The number of rotatable bonds is 12. The van der Waals surface area contributed by atoms with E-state index in [0.717, 1.165) is 29.3 Å². The van der Waals surface area contributed by atoms with Crippen molar-refractivity contribution in [2.45, 2.75) is 79.1 Å². The van der Waals surface area contributed by atoms with Gasteiger partial charge in [-0.05, 0) is 112 Å². The summed E-state index contributed by atoms with van der Waals surface area (Å²) in [7, 11) is 3.80. The number of aryl methyl sites for hydroxylation is 4. The zero-order chi connectivity index (χ0) is 35.5. The Kier molecular flexibility index (Phi) is 11.8. The Morgan fingerprint density at radius 3 is 2.04 bits per heavy atom. The van der Waals surface area contributed by atoms with Crippen molar-refractivity contribution >= 4 is 11.9 Å². The van der Waals surface area contributed by atoms with Crippen LogP contribution in [0.3, 0.4) is 0 Å². The maximum atomic E-state index is 16.4. The van der Waals surface area contributed by atoms with Crippen LogP contribution in [-0.2, 0) is 22.2 Å². The Balaban J connectivity index is 2.18. The minimum atomic E-state index is -4.65. The van der Waals surface area contributed by atoms with Crippen LogP contribution in [-0.4, -0.2) is 47.1 Å². The molecule has 0 saturated carbocycles. The third-order valence-electron chi connectivity index (χ3n) is 8.15. The summed E-state index contributed by atoms with van der Waals surface area (Å²) < 4.78 is 73.8. The molecular formula is C35H42F5N3O4. The number of benzene rings is 2. The largest absolute Gasteiger partial charge is 0.481 e. The topological polar surface area (TPSA) is 91.6 Å². The van der Waals surface area contributed by atoms with Crippen LogP contribution in [0.25, 0.3) is 11.1 Å². The molecule has 1 aromatic heterocycles. The number of carboxylic acid groups (broad SMARTS) is 1. The average Bonchev–Trinajstić information content (AvgIpc) is 2.92. The molecule has 1 heterocycles. The lowest BCUT2D eigenvalue weighted by Crippen LogP contribution is -2.41. The number of aromatic nitrogens is 1. The number of hydrogen-bond donors (Lipinski definition) is 2. The molecule has 0 aliphatic carbocycles. The lowest BCUT2D eigenvalue weighted by atomic mass is 9.88. The second-order valence-corrected chi connectivity index (χ2v) is 12.9. The van der Waals surface area contributed by atoms with E-state index in [1.54, 1.807) is 13.1 Å². The van der Waals surface area contributed by atoms with Crippen LogP contribution in [0, 0.1) is 45.2 Å². The molecule has 0 bridgehead atoms. The molecule has 0 fully saturated rings. The molecule has 7 nitrogen and oxygen atoms in total. The van der Waals surface area contributed by atoms with Crippen LogP contribution in [0.4, 0.5) is 22.0 Å². The summed E-state index contributed by atoms with van der Waals surface area (Å²) in [6.07, 6.45) is -3.20. The number of pyridine rings is 1. The SMILES string of the molecule is Cc1cc(=O)n(C(CC(C)C)C(=O)N[C@@H](CC(=O)O)c2c(F)c(C)cc(-c3c(C)cc(C(F)(F)F)cc3C)c2F)cc1CCN(C)C. The number of aliphatic carboxylic acids is 1. The highest BCUT2D eigenvalue weighted by Crippen LogP contribution is 2.39. The highest BCUT2D eigenvalue weighted by atomic mass is 19.4. The van der Waals surface area contributed by atoms with Gasteiger partial charge in [-0.1, -0.05) is 13.8 Å². The molecule has 0 spiro atoms. The van der Waals surface area contributed by atoms with Gasteiger partial charge in [0.1, 0.15) is 17.7 Å². The van der Waals surface area contributed by atoms with E-state index in [1.165, 1.54) is 31.4 Å². The van der Waals surface area contributed by atoms with Crippen LogP contribution in [0.15, 0.2) is 35.3 Å². The maximum absolute atomic E-state index is 16.4. The van der Waals surface area contributed by atoms with Crippen molar-refractivity contribution in [1.29, 1.82) is 0 Å². The number of nitrogens with zero attached hydrogens (tertiary/aromatic N) is 2. The summed E-state index contributed by atoms with van der Waals surface area (Å²) in [4.78, 5) is 41.1. The highest BCUT2D eigenvalue weighted by Gasteiger charge is 2.34. The lowest BCUT2D eigenvalue weighted by Gasteiger charge is -2.27.